The first kappa shape index (κ1) is 13.2. The molecule has 0 heterocycles. The molecule has 0 fully saturated rings. The van der Waals surface area contributed by atoms with Gasteiger partial charge in [0.25, 0.3) is 5.69 Å². The van der Waals surface area contributed by atoms with E-state index in [-0.39, 0.29) is 10.7 Å². The number of hydrogen-bond donors (Lipinski definition) is 1. The molecule has 0 amide bonds. The summed E-state index contributed by atoms with van der Waals surface area (Å²) in [5.41, 5.74) is 0.0622. The van der Waals surface area contributed by atoms with Crippen molar-refractivity contribution < 1.29 is 13.7 Å². The highest BCUT2D eigenvalue weighted by molar-refractivity contribution is 6.30. The molecule has 2 aromatic carbocycles. The lowest BCUT2D eigenvalue weighted by Crippen LogP contribution is -1.95. The Labute approximate surface area is 111 Å². The molecule has 2 aromatic rings. The van der Waals surface area contributed by atoms with E-state index in [0.29, 0.717) is 5.69 Å². The van der Waals surface area contributed by atoms with E-state index in [1.54, 1.807) is 0 Å². The minimum absolute atomic E-state index is 0.0456. The average molecular weight is 285 g/mol. The Bertz CT molecular complexity index is 650. The van der Waals surface area contributed by atoms with E-state index in [4.69, 9.17) is 11.6 Å². The van der Waals surface area contributed by atoms with Gasteiger partial charge in [-0.15, -0.1) is 0 Å². The third kappa shape index (κ3) is 3.17. The number of non-ortho nitro benzene ring substituents is 1. The molecular formula is C12H7ClF2N2O2. The highest BCUT2D eigenvalue weighted by Gasteiger charge is 2.10. The molecule has 2 rings (SSSR count). The lowest BCUT2D eigenvalue weighted by Gasteiger charge is -2.07. The molecule has 0 unspecified atom stereocenters. The van der Waals surface area contributed by atoms with E-state index in [9.17, 15) is 18.9 Å². The fraction of sp³-hybridized carbons (Fsp3) is 0. The van der Waals surface area contributed by atoms with E-state index in [0.717, 1.165) is 24.3 Å². The fourth-order valence-corrected chi connectivity index (χ4v) is 1.61. The normalized spacial score (nSPS) is 10.3. The molecule has 0 aliphatic rings. The smallest absolute Gasteiger partial charge is 0.274 e. The van der Waals surface area contributed by atoms with Crippen LogP contribution in [-0.2, 0) is 0 Å². The molecule has 1 N–H and O–H groups in total. The first-order chi connectivity index (χ1) is 8.95. The van der Waals surface area contributed by atoms with Crippen LogP contribution in [0.15, 0.2) is 36.4 Å². The molecule has 0 atom stereocenters. The van der Waals surface area contributed by atoms with Gasteiger partial charge in [-0.2, -0.15) is 0 Å². The number of nitrogens with one attached hydrogen (secondary N) is 1. The van der Waals surface area contributed by atoms with Crippen LogP contribution in [0.5, 0.6) is 0 Å². The number of halogens is 3. The zero-order chi connectivity index (χ0) is 14.0. The number of hydrogen-bond acceptors (Lipinski definition) is 3. The van der Waals surface area contributed by atoms with Gasteiger partial charge in [-0.1, -0.05) is 11.6 Å². The third-order valence-corrected chi connectivity index (χ3v) is 2.61. The number of rotatable bonds is 3. The van der Waals surface area contributed by atoms with Crippen LogP contribution in [0, 0.1) is 21.7 Å². The molecule has 0 radical (unpaired) electrons. The molecule has 0 aliphatic heterocycles. The summed E-state index contributed by atoms with van der Waals surface area (Å²) in [5, 5.41) is 13.2. The highest BCUT2D eigenvalue weighted by Crippen LogP contribution is 2.25. The minimum atomic E-state index is -0.758. The lowest BCUT2D eigenvalue weighted by atomic mass is 10.2. The van der Waals surface area contributed by atoms with Crippen LogP contribution in [0.3, 0.4) is 0 Å². The summed E-state index contributed by atoms with van der Waals surface area (Å²) in [7, 11) is 0. The monoisotopic (exact) mass is 284 g/mol. The molecule has 7 heteroatoms. The first-order valence-electron chi connectivity index (χ1n) is 5.13. The van der Waals surface area contributed by atoms with E-state index in [1.807, 2.05) is 0 Å². The SMILES string of the molecule is O=[N+]([O-])c1cc(F)cc(Nc2ccc(Cl)c(F)c2)c1. The highest BCUT2D eigenvalue weighted by atomic mass is 35.5. The van der Waals surface area contributed by atoms with Gasteiger partial charge in [0.05, 0.1) is 16.0 Å². The Hall–Kier alpha value is -2.21. The molecule has 0 aliphatic carbocycles. The second-order valence-electron chi connectivity index (χ2n) is 3.71. The van der Waals surface area contributed by atoms with Gasteiger partial charge in [0.1, 0.15) is 11.6 Å². The predicted octanol–water partition coefficient (Wildman–Crippen LogP) is 4.27. The van der Waals surface area contributed by atoms with Crippen molar-refractivity contribution in [3.8, 4) is 0 Å². The Balaban J connectivity index is 2.32. The summed E-state index contributed by atoms with van der Waals surface area (Å²) in [6.07, 6.45) is 0. The van der Waals surface area contributed by atoms with Crippen molar-refractivity contribution in [2.24, 2.45) is 0 Å². The van der Waals surface area contributed by atoms with Gasteiger partial charge in [0.2, 0.25) is 0 Å². The first-order valence-corrected chi connectivity index (χ1v) is 5.50. The van der Waals surface area contributed by atoms with E-state index >= 15 is 0 Å². The summed E-state index contributed by atoms with van der Waals surface area (Å²) in [4.78, 5) is 9.88. The summed E-state index contributed by atoms with van der Waals surface area (Å²) >= 11 is 5.52. The molecule has 19 heavy (non-hydrogen) atoms. The van der Waals surface area contributed by atoms with Gasteiger partial charge in [-0.25, -0.2) is 8.78 Å². The molecular weight excluding hydrogens is 278 g/mol. The standard InChI is InChI=1S/C12H7ClF2N2O2/c13-11-2-1-8(6-12(11)15)16-9-3-7(14)4-10(5-9)17(18)19/h1-6,16H. The van der Waals surface area contributed by atoms with Crippen LogP contribution >= 0.6 is 11.6 Å². The maximum Gasteiger partial charge on any atom is 0.274 e. The lowest BCUT2D eigenvalue weighted by molar-refractivity contribution is -0.385. The molecule has 98 valence electrons. The maximum absolute atomic E-state index is 13.2. The van der Waals surface area contributed by atoms with Crippen molar-refractivity contribution in [3.63, 3.8) is 0 Å². The zero-order valence-corrected chi connectivity index (χ0v) is 10.1. The topological polar surface area (TPSA) is 55.2 Å². The third-order valence-electron chi connectivity index (χ3n) is 2.30. The number of nitro groups is 1. The number of nitro benzene ring substituents is 1. The molecule has 0 spiro atoms. The van der Waals surface area contributed by atoms with Crippen LogP contribution in [0.2, 0.25) is 5.02 Å². The molecule has 0 aromatic heterocycles. The van der Waals surface area contributed by atoms with E-state index < -0.39 is 22.2 Å². The number of benzene rings is 2. The van der Waals surface area contributed by atoms with Crippen molar-refractivity contribution in [1.29, 1.82) is 0 Å². The average Bonchev–Trinajstić information content (AvgIpc) is 2.33. The molecule has 0 saturated heterocycles. The van der Waals surface area contributed by atoms with Crippen LogP contribution in [0.1, 0.15) is 0 Å². The van der Waals surface area contributed by atoms with Gasteiger partial charge >= 0.3 is 0 Å². The van der Waals surface area contributed by atoms with Crippen LogP contribution in [0.4, 0.5) is 25.8 Å². The van der Waals surface area contributed by atoms with Crippen molar-refractivity contribution in [2.75, 3.05) is 5.32 Å². The summed E-state index contributed by atoms with van der Waals surface area (Å²) in [6.45, 7) is 0. The van der Waals surface area contributed by atoms with Crippen LogP contribution in [0.25, 0.3) is 0 Å². The Morgan fingerprint density at radius 3 is 2.47 bits per heavy atom. The summed E-state index contributed by atoms with van der Waals surface area (Å²) in [5.74, 6) is -1.40. The van der Waals surface area contributed by atoms with Crippen molar-refractivity contribution in [3.05, 3.63) is 63.2 Å². The van der Waals surface area contributed by atoms with E-state index in [1.165, 1.54) is 12.1 Å². The zero-order valence-electron chi connectivity index (χ0n) is 9.36. The molecule has 0 bridgehead atoms. The maximum atomic E-state index is 13.2. The summed E-state index contributed by atoms with van der Waals surface area (Å²) < 4.78 is 26.4. The van der Waals surface area contributed by atoms with Crippen molar-refractivity contribution in [1.82, 2.24) is 0 Å². The number of anilines is 2. The summed E-state index contributed by atoms with van der Waals surface area (Å²) in [6, 6.07) is 6.93. The van der Waals surface area contributed by atoms with Crippen molar-refractivity contribution >= 4 is 28.7 Å². The second-order valence-corrected chi connectivity index (χ2v) is 4.12. The fourth-order valence-electron chi connectivity index (χ4n) is 1.49. The quantitative estimate of drug-likeness (QED) is 0.676. The Morgan fingerprint density at radius 2 is 1.84 bits per heavy atom. The molecule has 4 nitrogen and oxygen atoms in total. The van der Waals surface area contributed by atoms with Gasteiger partial charge in [0, 0.05) is 17.4 Å². The minimum Gasteiger partial charge on any atom is -0.355 e. The van der Waals surface area contributed by atoms with Gasteiger partial charge < -0.3 is 5.32 Å². The van der Waals surface area contributed by atoms with Crippen molar-refractivity contribution in [2.45, 2.75) is 0 Å². The van der Waals surface area contributed by atoms with E-state index in [2.05, 4.69) is 5.32 Å². The van der Waals surface area contributed by atoms with Gasteiger partial charge in [-0.3, -0.25) is 10.1 Å². The Kier molecular flexibility index (Phi) is 3.62. The Morgan fingerprint density at radius 1 is 1.11 bits per heavy atom. The second kappa shape index (κ2) is 5.19. The molecule has 0 saturated carbocycles. The predicted molar refractivity (Wildman–Crippen MR) is 67.7 cm³/mol. The van der Waals surface area contributed by atoms with Crippen LogP contribution in [-0.4, -0.2) is 4.92 Å². The largest absolute Gasteiger partial charge is 0.355 e. The van der Waals surface area contributed by atoms with Gasteiger partial charge in [-0.05, 0) is 24.3 Å². The van der Waals surface area contributed by atoms with Gasteiger partial charge in [0.15, 0.2) is 0 Å². The van der Waals surface area contributed by atoms with Crippen LogP contribution < -0.4 is 5.32 Å². The number of nitrogens with zero attached hydrogens (tertiary/aromatic N) is 1.